The molecular formula is C17H34N2O2. The number of aliphatic hydroxyl groups excluding tert-OH is 1. The monoisotopic (exact) mass is 298 g/mol. The zero-order chi connectivity index (χ0) is 15.7. The molecule has 1 aliphatic carbocycles. The molecule has 0 radical (unpaired) electrons. The van der Waals surface area contributed by atoms with E-state index in [-0.39, 0.29) is 18.3 Å². The summed E-state index contributed by atoms with van der Waals surface area (Å²) in [6.07, 6.45) is 3.81. The highest BCUT2D eigenvalue weighted by Crippen LogP contribution is 2.39. The van der Waals surface area contributed by atoms with Crippen molar-refractivity contribution in [3.63, 3.8) is 0 Å². The van der Waals surface area contributed by atoms with Crippen LogP contribution in [0.5, 0.6) is 0 Å². The summed E-state index contributed by atoms with van der Waals surface area (Å²) in [5.41, 5.74) is 0.293. The highest BCUT2D eigenvalue weighted by molar-refractivity contribution is 4.92. The number of hydrogen-bond acceptors (Lipinski definition) is 4. The van der Waals surface area contributed by atoms with Crippen LogP contribution in [0, 0.1) is 11.3 Å². The first-order chi connectivity index (χ1) is 9.74. The van der Waals surface area contributed by atoms with Crippen LogP contribution in [0.25, 0.3) is 0 Å². The van der Waals surface area contributed by atoms with Crippen molar-refractivity contribution in [2.24, 2.45) is 11.3 Å². The van der Waals surface area contributed by atoms with Gasteiger partial charge in [0.25, 0.3) is 0 Å². The van der Waals surface area contributed by atoms with Crippen molar-refractivity contribution >= 4 is 0 Å². The Labute approximate surface area is 130 Å². The van der Waals surface area contributed by atoms with Crippen LogP contribution in [-0.4, -0.2) is 61.0 Å². The van der Waals surface area contributed by atoms with E-state index in [0.29, 0.717) is 17.4 Å². The van der Waals surface area contributed by atoms with Crippen molar-refractivity contribution in [1.82, 2.24) is 10.2 Å². The first-order valence-electron chi connectivity index (χ1n) is 8.43. The molecule has 0 aromatic heterocycles. The van der Waals surface area contributed by atoms with Gasteiger partial charge in [-0.15, -0.1) is 0 Å². The summed E-state index contributed by atoms with van der Waals surface area (Å²) in [5, 5.41) is 13.0. The fourth-order valence-corrected chi connectivity index (χ4v) is 4.29. The second-order valence-corrected chi connectivity index (χ2v) is 8.44. The van der Waals surface area contributed by atoms with Crippen LogP contribution in [-0.2, 0) is 4.74 Å². The fraction of sp³-hybridized carbons (Fsp3) is 1.00. The summed E-state index contributed by atoms with van der Waals surface area (Å²) >= 11 is 0. The van der Waals surface area contributed by atoms with E-state index < -0.39 is 0 Å². The number of ether oxygens (including phenoxy) is 1. The predicted octanol–water partition coefficient (Wildman–Crippen LogP) is 1.87. The zero-order valence-corrected chi connectivity index (χ0v) is 14.5. The molecule has 21 heavy (non-hydrogen) atoms. The Morgan fingerprint density at radius 2 is 2.00 bits per heavy atom. The summed E-state index contributed by atoms with van der Waals surface area (Å²) in [7, 11) is 2.09. The lowest BCUT2D eigenvalue weighted by Crippen LogP contribution is -2.56. The second kappa shape index (κ2) is 6.53. The van der Waals surface area contributed by atoms with Gasteiger partial charge < -0.3 is 15.2 Å². The molecular weight excluding hydrogens is 264 g/mol. The molecule has 2 N–H and O–H groups in total. The molecule has 4 heteroatoms. The average Bonchev–Trinajstić information content (AvgIpc) is 2.36. The van der Waals surface area contributed by atoms with Gasteiger partial charge in [0, 0.05) is 25.7 Å². The first-order valence-corrected chi connectivity index (χ1v) is 8.43. The standard InChI is InChI=1S/C17H34N2O2/c1-16(2)7-6-15(18-5)13(8-16)9-19-10-14(11-20)21-17(3,4)12-19/h13-15,18,20H,6-12H2,1-5H3. The molecule has 0 amide bonds. The lowest BCUT2D eigenvalue weighted by molar-refractivity contribution is -0.152. The predicted molar refractivity (Wildman–Crippen MR) is 86.4 cm³/mol. The van der Waals surface area contributed by atoms with Gasteiger partial charge in [0.2, 0.25) is 0 Å². The summed E-state index contributed by atoms with van der Waals surface area (Å²) in [6.45, 7) is 12.1. The summed E-state index contributed by atoms with van der Waals surface area (Å²) in [4.78, 5) is 2.50. The molecule has 1 heterocycles. The van der Waals surface area contributed by atoms with Crippen molar-refractivity contribution in [2.45, 2.75) is 64.7 Å². The van der Waals surface area contributed by atoms with E-state index in [1.807, 2.05) is 0 Å². The molecule has 0 aromatic carbocycles. The molecule has 0 bridgehead atoms. The lowest BCUT2D eigenvalue weighted by atomic mass is 9.69. The van der Waals surface area contributed by atoms with Crippen molar-refractivity contribution in [3.8, 4) is 0 Å². The van der Waals surface area contributed by atoms with E-state index in [1.165, 1.54) is 19.3 Å². The van der Waals surface area contributed by atoms with Gasteiger partial charge in [-0.1, -0.05) is 13.8 Å². The zero-order valence-electron chi connectivity index (χ0n) is 14.5. The number of aliphatic hydroxyl groups is 1. The van der Waals surface area contributed by atoms with Gasteiger partial charge >= 0.3 is 0 Å². The fourth-order valence-electron chi connectivity index (χ4n) is 4.29. The van der Waals surface area contributed by atoms with Crippen molar-refractivity contribution in [1.29, 1.82) is 0 Å². The van der Waals surface area contributed by atoms with Crippen molar-refractivity contribution < 1.29 is 9.84 Å². The number of nitrogens with one attached hydrogen (secondary N) is 1. The summed E-state index contributed by atoms with van der Waals surface area (Å²) in [5.74, 6) is 0.687. The Bertz CT molecular complexity index is 344. The van der Waals surface area contributed by atoms with E-state index >= 15 is 0 Å². The maximum atomic E-state index is 9.46. The molecule has 0 aromatic rings. The van der Waals surface area contributed by atoms with E-state index in [4.69, 9.17) is 4.74 Å². The van der Waals surface area contributed by atoms with Gasteiger partial charge in [-0.3, -0.25) is 4.90 Å². The third-order valence-corrected chi connectivity index (χ3v) is 5.13. The molecule has 2 rings (SSSR count). The Balaban J connectivity index is 2.00. The van der Waals surface area contributed by atoms with E-state index in [2.05, 4.69) is 45.0 Å². The Morgan fingerprint density at radius 3 is 2.62 bits per heavy atom. The molecule has 4 nitrogen and oxygen atoms in total. The van der Waals surface area contributed by atoms with E-state index in [1.54, 1.807) is 0 Å². The molecule has 1 saturated carbocycles. The van der Waals surface area contributed by atoms with E-state index in [0.717, 1.165) is 19.6 Å². The Hall–Kier alpha value is -0.160. The minimum Gasteiger partial charge on any atom is -0.394 e. The molecule has 1 aliphatic heterocycles. The highest BCUT2D eigenvalue weighted by Gasteiger charge is 2.38. The number of morpholine rings is 1. The minimum atomic E-state index is -0.162. The third kappa shape index (κ3) is 4.65. The molecule has 3 atom stereocenters. The molecule has 2 aliphatic rings. The first kappa shape index (κ1) is 17.2. The van der Waals surface area contributed by atoms with Gasteiger partial charge in [0.1, 0.15) is 0 Å². The highest BCUT2D eigenvalue weighted by atomic mass is 16.5. The van der Waals surface area contributed by atoms with Crippen LogP contribution < -0.4 is 5.32 Å². The minimum absolute atomic E-state index is 0.0432. The normalized spacial score (nSPS) is 36.6. The van der Waals surface area contributed by atoms with Crippen molar-refractivity contribution in [3.05, 3.63) is 0 Å². The van der Waals surface area contributed by atoms with Crippen LogP contribution in [0.4, 0.5) is 0 Å². The second-order valence-electron chi connectivity index (χ2n) is 8.44. The molecule has 0 spiro atoms. The van der Waals surface area contributed by atoms with Gasteiger partial charge in [-0.25, -0.2) is 0 Å². The van der Waals surface area contributed by atoms with Gasteiger partial charge in [-0.05, 0) is 51.5 Å². The maximum absolute atomic E-state index is 9.46. The summed E-state index contributed by atoms with van der Waals surface area (Å²) in [6, 6.07) is 0.622. The summed E-state index contributed by atoms with van der Waals surface area (Å²) < 4.78 is 5.93. The van der Waals surface area contributed by atoms with Gasteiger partial charge in [0.15, 0.2) is 0 Å². The van der Waals surface area contributed by atoms with E-state index in [9.17, 15) is 5.11 Å². The smallest absolute Gasteiger partial charge is 0.0940 e. The Morgan fingerprint density at radius 1 is 1.29 bits per heavy atom. The Kier molecular flexibility index (Phi) is 5.35. The van der Waals surface area contributed by atoms with Gasteiger partial charge in [0.05, 0.1) is 18.3 Å². The number of nitrogens with zero attached hydrogens (tertiary/aromatic N) is 1. The SMILES string of the molecule is CNC1CCC(C)(C)CC1CN1CC(CO)OC(C)(C)C1. The van der Waals surface area contributed by atoms with Gasteiger partial charge in [-0.2, -0.15) is 0 Å². The van der Waals surface area contributed by atoms with Crippen LogP contribution in [0.3, 0.4) is 0 Å². The quantitative estimate of drug-likeness (QED) is 0.832. The average molecular weight is 298 g/mol. The van der Waals surface area contributed by atoms with Crippen LogP contribution in [0.15, 0.2) is 0 Å². The molecule has 124 valence electrons. The largest absolute Gasteiger partial charge is 0.394 e. The van der Waals surface area contributed by atoms with Crippen LogP contribution >= 0.6 is 0 Å². The lowest BCUT2D eigenvalue weighted by Gasteiger charge is -2.47. The molecule has 3 unspecified atom stereocenters. The van der Waals surface area contributed by atoms with Crippen molar-refractivity contribution in [2.75, 3.05) is 33.3 Å². The number of rotatable bonds is 4. The topological polar surface area (TPSA) is 44.7 Å². The maximum Gasteiger partial charge on any atom is 0.0940 e. The van der Waals surface area contributed by atoms with Crippen LogP contribution in [0.1, 0.15) is 47.0 Å². The molecule has 1 saturated heterocycles. The van der Waals surface area contributed by atoms with Crippen LogP contribution in [0.2, 0.25) is 0 Å². The third-order valence-electron chi connectivity index (χ3n) is 5.13. The number of hydrogen-bond donors (Lipinski definition) is 2. The molecule has 2 fully saturated rings.